The highest BCUT2D eigenvalue weighted by atomic mass is 35.5. The predicted molar refractivity (Wildman–Crippen MR) is 80.9 cm³/mol. The minimum absolute atomic E-state index is 0.0416. The zero-order valence-electron chi connectivity index (χ0n) is 11.3. The number of ether oxygens (including phenoxy) is 1. The molecular formula is C15H12ClN3O2. The minimum atomic E-state index is -0.326. The fourth-order valence-electron chi connectivity index (χ4n) is 2.11. The van der Waals surface area contributed by atoms with E-state index in [1.807, 2.05) is 36.4 Å². The Morgan fingerprint density at radius 2 is 2.05 bits per heavy atom. The maximum absolute atomic E-state index is 12.2. The van der Waals surface area contributed by atoms with Gasteiger partial charge in [0, 0.05) is 5.39 Å². The van der Waals surface area contributed by atoms with Crippen molar-refractivity contribution >= 4 is 22.5 Å². The molecule has 6 heteroatoms. The summed E-state index contributed by atoms with van der Waals surface area (Å²) in [5.74, 6) is 0.0416. The van der Waals surface area contributed by atoms with Crippen LogP contribution in [0, 0.1) is 0 Å². The second kappa shape index (κ2) is 5.54. The molecule has 0 saturated carbocycles. The summed E-state index contributed by atoms with van der Waals surface area (Å²) < 4.78 is 6.39. The summed E-state index contributed by atoms with van der Waals surface area (Å²) in [5, 5.41) is 1.12. The molecule has 0 aliphatic heterocycles. The molecule has 0 atom stereocenters. The molecule has 3 rings (SSSR count). The van der Waals surface area contributed by atoms with E-state index in [0.717, 1.165) is 16.6 Å². The van der Waals surface area contributed by atoms with E-state index in [1.54, 1.807) is 0 Å². The van der Waals surface area contributed by atoms with Gasteiger partial charge in [-0.1, -0.05) is 35.9 Å². The molecule has 0 bridgehead atoms. The Bertz CT molecular complexity index is 861. The van der Waals surface area contributed by atoms with Gasteiger partial charge in [0.05, 0.1) is 31.2 Å². The van der Waals surface area contributed by atoms with E-state index < -0.39 is 0 Å². The summed E-state index contributed by atoms with van der Waals surface area (Å²) in [4.78, 5) is 20.6. The van der Waals surface area contributed by atoms with Gasteiger partial charge in [0.25, 0.3) is 5.56 Å². The monoisotopic (exact) mass is 301 g/mol. The maximum atomic E-state index is 12.2. The summed E-state index contributed by atoms with van der Waals surface area (Å²) >= 11 is 5.82. The van der Waals surface area contributed by atoms with E-state index in [-0.39, 0.29) is 16.5 Å². The fraction of sp³-hybridized carbons (Fsp3) is 0.133. The third-order valence-corrected chi connectivity index (χ3v) is 3.41. The van der Waals surface area contributed by atoms with E-state index in [4.69, 9.17) is 16.3 Å². The molecule has 0 aliphatic carbocycles. The van der Waals surface area contributed by atoms with E-state index in [2.05, 4.69) is 9.97 Å². The van der Waals surface area contributed by atoms with Crippen molar-refractivity contribution in [3.8, 4) is 5.75 Å². The number of fused-ring (bicyclic) bond motifs is 1. The molecule has 3 aromatic rings. The summed E-state index contributed by atoms with van der Waals surface area (Å²) in [6.45, 7) is 0.310. The van der Waals surface area contributed by atoms with E-state index in [1.165, 1.54) is 18.0 Å². The van der Waals surface area contributed by atoms with Crippen molar-refractivity contribution in [1.29, 1.82) is 0 Å². The number of pyridine rings is 1. The van der Waals surface area contributed by atoms with Gasteiger partial charge in [0.2, 0.25) is 5.75 Å². The van der Waals surface area contributed by atoms with Crippen LogP contribution in [-0.2, 0) is 6.54 Å². The molecular weight excluding hydrogens is 290 g/mol. The number of methoxy groups -OCH3 is 1. The topological polar surface area (TPSA) is 57.0 Å². The van der Waals surface area contributed by atoms with Crippen LogP contribution in [0.4, 0.5) is 0 Å². The first kappa shape index (κ1) is 13.6. The van der Waals surface area contributed by atoms with Gasteiger partial charge in [-0.15, -0.1) is 0 Å². The molecule has 0 unspecified atom stereocenters. The number of halogens is 1. The van der Waals surface area contributed by atoms with Gasteiger partial charge in [0.15, 0.2) is 5.15 Å². The van der Waals surface area contributed by atoms with E-state index >= 15 is 0 Å². The van der Waals surface area contributed by atoms with Gasteiger partial charge in [-0.2, -0.15) is 0 Å². The van der Waals surface area contributed by atoms with Crippen LogP contribution in [0.5, 0.6) is 5.75 Å². The molecule has 106 valence electrons. The van der Waals surface area contributed by atoms with Crippen LogP contribution < -0.4 is 10.3 Å². The lowest BCUT2D eigenvalue weighted by atomic mass is 10.2. The summed E-state index contributed by atoms with van der Waals surface area (Å²) in [6.07, 6.45) is 1.39. The predicted octanol–water partition coefficient (Wildman–Crippen LogP) is 2.50. The smallest absolute Gasteiger partial charge is 0.297 e. The molecule has 2 heterocycles. The quantitative estimate of drug-likeness (QED) is 0.698. The molecule has 0 fully saturated rings. The average molecular weight is 302 g/mol. The summed E-state index contributed by atoms with van der Waals surface area (Å²) in [6, 6.07) is 11.7. The van der Waals surface area contributed by atoms with Crippen LogP contribution in [-0.4, -0.2) is 21.6 Å². The lowest BCUT2D eigenvalue weighted by molar-refractivity contribution is 0.400. The van der Waals surface area contributed by atoms with E-state index in [9.17, 15) is 4.79 Å². The third-order valence-electron chi connectivity index (χ3n) is 3.15. The molecule has 1 aromatic carbocycles. The molecule has 0 radical (unpaired) electrons. The lowest BCUT2D eigenvalue weighted by Gasteiger charge is -2.08. The van der Waals surface area contributed by atoms with Crippen molar-refractivity contribution in [2.45, 2.75) is 6.54 Å². The van der Waals surface area contributed by atoms with E-state index in [0.29, 0.717) is 6.54 Å². The molecule has 5 nitrogen and oxygen atoms in total. The Balaban J connectivity index is 2.00. The second-order valence-corrected chi connectivity index (χ2v) is 4.85. The molecule has 0 saturated heterocycles. The largest absolute Gasteiger partial charge is 0.489 e. The minimum Gasteiger partial charge on any atom is -0.489 e. The first-order valence-electron chi connectivity index (χ1n) is 6.32. The number of hydrogen-bond donors (Lipinski definition) is 0. The Morgan fingerprint density at radius 1 is 1.24 bits per heavy atom. The Kier molecular flexibility index (Phi) is 3.58. The van der Waals surface area contributed by atoms with Crippen molar-refractivity contribution < 1.29 is 4.74 Å². The van der Waals surface area contributed by atoms with Crippen LogP contribution in [0.3, 0.4) is 0 Å². The highest BCUT2D eigenvalue weighted by Crippen LogP contribution is 2.16. The number of aromatic nitrogens is 3. The van der Waals surface area contributed by atoms with Crippen LogP contribution in [0.25, 0.3) is 10.9 Å². The van der Waals surface area contributed by atoms with Crippen LogP contribution in [0.15, 0.2) is 47.5 Å². The summed E-state index contributed by atoms with van der Waals surface area (Å²) in [7, 11) is 1.39. The number of nitrogens with zero attached hydrogens (tertiary/aromatic N) is 3. The summed E-state index contributed by atoms with van der Waals surface area (Å²) in [5.41, 5.74) is 1.33. The van der Waals surface area contributed by atoms with Crippen molar-refractivity contribution in [3.63, 3.8) is 0 Å². The number of hydrogen-bond acceptors (Lipinski definition) is 4. The molecule has 0 aliphatic rings. The zero-order valence-corrected chi connectivity index (χ0v) is 12.0. The number of benzene rings is 1. The highest BCUT2D eigenvalue weighted by molar-refractivity contribution is 6.30. The van der Waals surface area contributed by atoms with Crippen LogP contribution >= 0.6 is 11.6 Å². The van der Waals surface area contributed by atoms with Crippen molar-refractivity contribution in [2.24, 2.45) is 0 Å². The molecule has 0 spiro atoms. The van der Waals surface area contributed by atoms with Crippen molar-refractivity contribution in [3.05, 3.63) is 63.9 Å². The zero-order chi connectivity index (χ0) is 14.8. The number of rotatable bonds is 3. The molecule has 2 aromatic heterocycles. The van der Waals surface area contributed by atoms with Gasteiger partial charge in [0.1, 0.15) is 0 Å². The van der Waals surface area contributed by atoms with Crippen LogP contribution in [0.2, 0.25) is 5.15 Å². The Morgan fingerprint density at radius 3 is 2.86 bits per heavy atom. The standard InChI is InChI=1S/C15H12ClN3O2/c1-21-13-14(16)17-9-19(15(13)20)8-11-7-6-10-4-2-3-5-12(10)18-11/h2-7,9H,8H2,1H3. The normalized spacial score (nSPS) is 10.8. The van der Waals surface area contributed by atoms with Crippen molar-refractivity contribution in [1.82, 2.24) is 14.5 Å². The van der Waals surface area contributed by atoms with Gasteiger partial charge in [-0.05, 0) is 12.1 Å². The third kappa shape index (κ3) is 2.60. The first-order chi connectivity index (χ1) is 10.2. The lowest BCUT2D eigenvalue weighted by Crippen LogP contribution is -2.23. The fourth-order valence-corrected chi connectivity index (χ4v) is 2.31. The van der Waals surface area contributed by atoms with Gasteiger partial charge >= 0.3 is 0 Å². The average Bonchev–Trinajstić information content (AvgIpc) is 2.50. The van der Waals surface area contributed by atoms with Gasteiger partial charge < -0.3 is 4.74 Å². The molecule has 21 heavy (non-hydrogen) atoms. The maximum Gasteiger partial charge on any atom is 0.297 e. The first-order valence-corrected chi connectivity index (χ1v) is 6.70. The molecule has 0 amide bonds. The second-order valence-electron chi connectivity index (χ2n) is 4.50. The van der Waals surface area contributed by atoms with Gasteiger partial charge in [-0.3, -0.25) is 14.3 Å². The van der Waals surface area contributed by atoms with Crippen molar-refractivity contribution in [2.75, 3.05) is 7.11 Å². The van der Waals surface area contributed by atoms with Gasteiger partial charge in [-0.25, -0.2) is 4.98 Å². The highest BCUT2D eigenvalue weighted by Gasteiger charge is 2.11. The Labute approximate surface area is 125 Å². The SMILES string of the molecule is COc1c(Cl)ncn(Cc2ccc3ccccc3n2)c1=O. The Hall–Kier alpha value is -2.40. The number of para-hydroxylation sites is 1. The van der Waals surface area contributed by atoms with Crippen LogP contribution in [0.1, 0.15) is 5.69 Å². The molecule has 0 N–H and O–H groups in total.